The standard InChI is InChI=1S/C9H16F3NO2/c1-3-4-5-13(2)6-7(8(14)15)9(10,11)12/h7H,3-6H2,1-2H3,(H,14,15). The van der Waals surface area contributed by atoms with Crippen LogP contribution in [0.3, 0.4) is 0 Å². The number of hydrogen-bond acceptors (Lipinski definition) is 2. The number of alkyl halides is 3. The van der Waals surface area contributed by atoms with Crippen LogP contribution in [-0.2, 0) is 4.79 Å². The molecule has 0 heterocycles. The quantitative estimate of drug-likeness (QED) is 0.754. The number of aliphatic carboxylic acids is 1. The molecule has 90 valence electrons. The van der Waals surface area contributed by atoms with Crippen LogP contribution in [-0.4, -0.2) is 42.3 Å². The summed E-state index contributed by atoms with van der Waals surface area (Å²) in [6.45, 7) is 1.92. The van der Waals surface area contributed by atoms with E-state index in [2.05, 4.69) is 0 Å². The zero-order valence-corrected chi connectivity index (χ0v) is 8.84. The van der Waals surface area contributed by atoms with Crippen LogP contribution < -0.4 is 0 Å². The minimum atomic E-state index is -4.67. The van der Waals surface area contributed by atoms with Gasteiger partial charge in [0.2, 0.25) is 0 Å². The third-order valence-corrected chi connectivity index (χ3v) is 2.08. The van der Waals surface area contributed by atoms with Crippen LogP contribution >= 0.6 is 0 Å². The van der Waals surface area contributed by atoms with Crippen molar-refractivity contribution in [3.8, 4) is 0 Å². The van der Waals surface area contributed by atoms with Crippen molar-refractivity contribution in [2.45, 2.75) is 25.9 Å². The van der Waals surface area contributed by atoms with Gasteiger partial charge >= 0.3 is 12.1 Å². The fraction of sp³-hybridized carbons (Fsp3) is 0.889. The van der Waals surface area contributed by atoms with E-state index < -0.39 is 24.6 Å². The predicted molar refractivity (Wildman–Crippen MR) is 49.6 cm³/mol. The molecule has 0 spiro atoms. The van der Waals surface area contributed by atoms with Gasteiger partial charge in [-0.25, -0.2) is 0 Å². The van der Waals surface area contributed by atoms with Crippen LogP contribution in [0.2, 0.25) is 0 Å². The largest absolute Gasteiger partial charge is 0.481 e. The molecule has 0 aliphatic rings. The second kappa shape index (κ2) is 5.95. The SMILES string of the molecule is CCCCN(C)CC(C(=O)O)C(F)(F)F. The average molecular weight is 227 g/mol. The van der Waals surface area contributed by atoms with Crippen LogP contribution in [0.5, 0.6) is 0 Å². The molecule has 0 rings (SSSR count). The van der Waals surface area contributed by atoms with Crippen LogP contribution in [0.15, 0.2) is 0 Å². The highest BCUT2D eigenvalue weighted by molar-refractivity contribution is 5.71. The van der Waals surface area contributed by atoms with Crippen molar-refractivity contribution in [1.29, 1.82) is 0 Å². The molecule has 0 aliphatic heterocycles. The van der Waals surface area contributed by atoms with Crippen LogP contribution in [0.4, 0.5) is 13.2 Å². The number of rotatable bonds is 6. The van der Waals surface area contributed by atoms with E-state index >= 15 is 0 Å². The zero-order valence-electron chi connectivity index (χ0n) is 8.84. The Bertz CT molecular complexity index is 206. The fourth-order valence-corrected chi connectivity index (χ4v) is 1.15. The van der Waals surface area contributed by atoms with Gasteiger partial charge in [-0.15, -0.1) is 0 Å². The molecule has 0 aromatic carbocycles. The smallest absolute Gasteiger partial charge is 0.403 e. The molecule has 1 unspecified atom stereocenters. The first-order valence-corrected chi connectivity index (χ1v) is 4.77. The highest BCUT2D eigenvalue weighted by Crippen LogP contribution is 2.27. The van der Waals surface area contributed by atoms with Gasteiger partial charge in [-0.05, 0) is 20.0 Å². The molecule has 6 heteroatoms. The summed E-state index contributed by atoms with van der Waals surface area (Å²) in [6.07, 6.45) is -3.04. The van der Waals surface area contributed by atoms with E-state index in [9.17, 15) is 18.0 Å². The zero-order chi connectivity index (χ0) is 12.1. The van der Waals surface area contributed by atoms with E-state index in [1.807, 2.05) is 6.92 Å². The van der Waals surface area contributed by atoms with Gasteiger partial charge in [-0.3, -0.25) is 4.79 Å². The van der Waals surface area contributed by atoms with E-state index in [1.54, 1.807) is 0 Å². The van der Waals surface area contributed by atoms with E-state index in [-0.39, 0.29) is 0 Å². The van der Waals surface area contributed by atoms with E-state index in [0.29, 0.717) is 6.54 Å². The van der Waals surface area contributed by atoms with Crippen molar-refractivity contribution >= 4 is 5.97 Å². The summed E-state index contributed by atoms with van der Waals surface area (Å²) >= 11 is 0. The average Bonchev–Trinajstić information content (AvgIpc) is 2.08. The van der Waals surface area contributed by atoms with Crippen LogP contribution in [0, 0.1) is 5.92 Å². The molecule has 0 aliphatic carbocycles. The summed E-state index contributed by atoms with van der Waals surface area (Å²) in [6, 6.07) is 0. The molecule has 3 nitrogen and oxygen atoms in total. The molecule has 0 aromatic heterocycles. The van der Waals surface area contributed by atoms with Crippen molar-refractivity contribution in [1.82, 2.24) is 4.90 Å². The molecule has 0 fully saturated rings. The molecule has 0 bridgehead atoms. The maximum absolute atomic E-state index is 12.2. The summed E-state index contributed by atoms with van der Waals surface area (Å²) in [5.74, 6) is -4.11. The van der Waals surface area contributed by atoms with Crippen molar-refractivity contribution in [3.63, 3.8) is 0 Å². The Hall–Kier alpha value is -0.780. The van der Waals surface area contributed by atoms with Gasteiger partial charge in [0.1, 0.15) is 0 Å². The summed E-state index contributed by atoms with van der Waals surface area (Å²) in [5, 5.41) is 8.44. The highest BCUT2D eigenvalue weighted by atomic mass is 19.4. The molecular formula is C9H16F3NO2. The number of carbonyl (C=O) groups is 1. The van der Waals surface area contributed by atoms with Crippen molar-refractivity contribution < 1.29 is 23.1 Å². The van der Waals surface area contributed by atoms with Gasteiger partial charge in [-0.1, -0.05) is 13.3 Å². The highest BCUT2D eigenvalue weighted by Gasteiger charge is 2.45. The monoisotopic (exact) mass is 227 g/mol. The number of nitrogens with zero attached hydrogens (tertiary/aromatic N) is 1. The van der Waals surface area contributed by atoms with Gasteiger partial charge in [0.05, 0.1) is 0 Å². The summed E-state index contributed by atoms with van der Waals surface area (Å²) in [7, 11) is 1.50. The Morgan fingerprint density at radius 1 is 1.47 bits per heavy atom. The summed E-state index contributed by atoms with van der Waals surface area (Å²) < 4.78 is 36.7. The second-order valence-electron chi connectivity index (χ2n) is 3.55. The normalized spacial score (nSPS) is 14.3. The molecule has 0 aromatic rings. The van der Waals surface area contributed by atoms with Crippen molar-refractivity contribution in [2.24, 2.45) is 5.92 Å². The first-order chi connectivity index (χ1) is 6.79. The predicted octanol–water partition coefficient (Wildman–Crippen LogP) is 1.98. The lowest BCUT2D eigenvalue weighted by atomic mass is 10.1. The van der Waals surface area contributed by atoms with E-state index in [4.69, 9.17) is 5.11 Å². The van der Waals surface area contributed by atoms with E-state index in [0.717, 1.165) is 12.8 Å². The molecule has 0 saturated heterocycles. The van der Waals surface area contributed by atoms with E-state index in [1.165, 1.54) is 11.9 Å². The Balaban J connectivity index is 4.24. The topological polar surface area (TPSA) is 40.5 Å². The first-order valence-electron chi connectivity index (χ1n) is 4.77. The fourth-order valence-electron chi connectivity index (χ4n) is 1.15. The van der Waals surface area contributed by atoms with Gasteiger partial charge in [0, 0.05) is 6.54 Å². The van der Waals surface area contributed by atoms with Crippen molar-refractivity contribution in [3.05, 3.63) is 0 Å². The minimum absolute atomic E-state index is 0.482. The molecule has 1 N–H and O–H groups in total. The summed E-state index contributed by atoms with van der Waals surface area (Å²) in [5.41, 5.74) is 0. The minimum Gasteiger partial charge on any atom is -0.481 e. The Labute approximate surface area is 86.9 Å². The van der Waals surface area contributed by atoms with Gasteiger partial charge in [0.25, 0.3) is 0 Å². The molecule has 0 saturated carbocycles. The number of unbranched alkanes of at least 4 members (excludes halogenated alkanes) is 1. The molecule has 15 heavy (non-hydrogen) atoms. The van der Waals surface area contributed by atoms with Gasteiger partial charge < -0.3 is 10.0 Å². The first kappa shape index (κ1) is 14.2. The molecule has 0 amide bonds. The maximum atomic E-state index is 12.2. The van der Waals surface area contributed by atoms with Gasteiger partial charge in [0.15, 0.2) is 5.92 Å². The number of carboxylic acid groups (broad SMARTS) is 1. The number of halogens is 3. The summed E-state index contributed by atoms with van der Waals surface area (Å²) in [4.78, 5) is 11.8. The number of hydrogen-bond donors (Lipinski definition) is 1. The van der Waals surface area contributed by atoms with Crippen molar-refractivity contribution in [2.75, 3.05) is 20.1 Å². The Morgan fingerprint density at radius 2 is 2.00 bits per heavy atom. The van der Waals surface area contributed by atoms with Crippen LogP contribution in [0.25, 0.3) is 0 Å². The lowest BCUT2D eigenvalue weighted by Crippen LogP contribution is -2.40. The van der Waals surface area contributed by atoms with Gasteiger partial charge in [-0.2, -0.15) is 13.2 Å². The lowest BCUT2D eigenvalue weighted by molar-refractivity contribution is -0.196. The molecular weight excluding hydrogens is 211 g/mol. The number of carboxylic acids is 1. The maximum Gasteiger partial charge on any atom is 0.403 e. The molecule has 0 radical (unpaired) electrons. The second-order valence-corrected chi connectivity index (χ2v) is 3.55. The third-order valence-electron chi connectivity index (χ3n) is 2.08. The molecule has 1 atom stereocenters. The Morgan fingerprint density at radius 3 is 2.33 bits per heavy atom. The Kier molecular flexibility index (Phi) is 5.64. The third kappa shape index (κ3) is 5.61. The van der Waals surface area contributed by atoms with Crippen LogP contribution in [0.1, 0.15) is 19.8 Å². The lowest BCUT2D eigenvalue weighted by Gasteiger charge is -2.22.